The van der Waals surface area contributed by atoms with Gasteiger partial charge in [-0.3, -0.25) is 0 Å². The van der Waals surface area contributed by atoms with Crippen molar-refractivity contribution in [2.45, 2.75) is 12.2 Å². The fraction of sp³-hybridized carbons (Fsp3) is 0.429. The van der Waals surface area contributed by atoms with Crippen molar-refractivity contribution in [3.63, 3.8) is 0 Å². The van der Waals surface area contributed by atoms with E-state index >= 15 is 0 Å². The Bertz CT molecular complexity index is 927. The molecule has 7 nitrogen and oxygen atoms in total. The molecule has 0 N–H and O–H groups in total. The summed E-state index contributed by atoms with van der Waals surface area (Å²) in [7, 11) is 1.63. The summed E-state index contributed by atoms with van der Waals surface area (Å²) >= 11 is 0. The second-order valence-electron chi connectivity index (χ2n) is 7.41. The SMILES string of the molecule is COc1cc(C2OCC3C(c4ccc5c(c4)OCO5)OCC23)cc2c1OCO2. The van der Waals surface area contributed by atoms with Gasteiger partial charge in [0.1, 0.15) is 0 Å². The first-order valence-corrected chi connectivity index (χ1v) is 9.42. The van der Waals surface area contributed by atoms with E-state index in [-0.39, 0.29) is 37.6 Å². The van der Waals surface area contributed by atoms with Gasteiger partial charge in [-0.05, 0) is 35.4 Å². The molecular formula is C21H20O7. The molecule has 2 fully saturated rings. The zero-order valence-corrected chi connectivity index (χ0v) is 15.4. The molecule has 0 aromatic heterocycles. The zero-order valence-electron chi connectivity index (χ0n) is 15.4. The maximum absolute atomic E-state index is 6.22. The molecule has 2 aromatic rings. The first-order chi connectivity index (χ1) is 13.8. The van der Waals surface area contributed by atoms with Gasteiger partial charge in [0, 0.05) is 11.8 Å². The van der Waals surface area contributed by atoms with Crippen molar-refractivity contribution in [3.05, 3.63) is 41.5 Å². The Hall–Kier alpha value is -2.64. The average Bonchev–Trinajstić information content (AvgIpc) is 3.49. The number of methoxy groups -OCH3 is 1. The molecule has 0 bridgehead atoms. The van der Waals surface area contributed by atoms with Crippen LogP contribution in [0.1, 0.15) is 23.3 Å². The molecule has 28 heavy (non-hydrogen) atoms. The summed E-state index contributed by atoms with van der Waals surface area (Å²) in [6, 6.07) is 9.99. The number of rotatable bonds is 3. The lowest BCUT2D eigenvalue weighted by molar-refractivity contribution is 0.0191. The van der Waals surface area contributed by atoms with Gasteiger partial charge in [0.15, 0.2) is 23.0 Å². The van der Waals surface area contributed by atoms with Gasteiger partial charge in [-0.15, -0.1) is 0 Å². The molecule has 0 spiro atoms. The van der Waals surface area contributed by atoms with Crippen LogP contribution in [-0.4, -0.2) is 33.9 Å². The molecule has 0 aliphatic carbocycles. The van der Waals surface area contributed by atoms with Gasteiger partial charge >= 0.3 is 0 Å². The predicted molar refractivity (Wildman–Crippen MR) is 96.0 cm³/mol. The number of hydrogen-bond donors (Lipinski definition) is 0. The van der Waals surface area contributed by atoms with E-state index in [9.17, 15) is 0 Å². The topological polar surface area (TPSA) is 64.6 Å². The lowest BCUT2D eigenvalue weighted by Crippen LogP contribution is -2.14. The van der Waals surface area contributed by atoms with E-state index < -0.39 is 0 Å². The number of ether oxygens (including phenoxy) is 7. The highest BCUT2D eigenvalue weighted by atomic mass is 16.7. The summed E-state index contributed by atoms with van der Waals surface area (Å²) in [5.41, 5.74) is 2.13. The van der Waals surface area contributed by atoms with E-state index in [1.165, 1.54) is 0 Å². The van der Waals surface area contributed by atoms with Crippen LogP contribution in [0.15, 0.2) is 30.3 Å². The second kappa shape index (κ2) is 6.18. The van der Waals surface area contributed by atoms with Gasteiger partial charge in [-0.25, -0.2) is 0 Å². The molecule has 2 saturated heterocycles. The number of benzene rings is 2. The smallest absolute Gasteiger partial charge is 0.231 e. The number of hydrogen-bond acceptors (Lipinski definition) is 7. The largest absolute Gasteiger partial charge is 0.493 e. The van der Waals surface area contributed by atoms with Crippen molar-refractivity contribution in [2.75, 3.05) is 33.9 Å². The van der Waals surface area contributed by atoms with Crippen molar-refractivity contribution in [2.24, 2.45) is 11.8 Å². The minimum Gasteiger partial charge on any atom is -0.493 e. The third kappa shape index (κ3) is 2.36. The molecule has 0 radical (unpaired) electrons. The van der Waals surface area contributed by atoms with E-state index in [4.69, 9.17) is 33.2 Å². The standard InChI is InChI=1S/C21H20O7/c1-22-17-5-12(6-18-21(17)28-10-27-18)20-14-8-23-19(13(14)7-24-20)11-2-3-15-16(4-11)26-9-25-15/h2-6,13-14,19-20H,7-10H2,1H3. The van der Waals surface area contributed by atoms with Crippen LogP contribution in [0.25, 0.3) is 0 Å². The first kappa shape index (κ1) is 16.3. The van der Waals surface area contributed by atoms with Crippen LogP contribution in [0.3, 0.4) is 0 Å². The Morgan fingerprint density at radius 3 is 2.25 bits per heavy atom. The van der Waals surface area contributed by atoms with Crippen LogP contribution in [0.4, 0.5) is 0 Å². The minimum absolute atomic E-state index is 0.0135. The van der Waals surface area contributed by atoms with Gasteiger partial charge in [-0.1, -0.05) is 6.07 Å². The van der Waals surface area contributed by atoms with Crippen LogP contribution in [0.5, 0.6) is 28.7 Å². The minimum atomic E-state index is -0.0626. The van der Waals surface area contributed by atoms with E-state index in [0.717, 1.165) is 22.6 Å². The van der Waals surface area contributed by atoms with Crippen LogP contribution in [0, 0.1) is 11.8 Å². The van der Waals surface area contributed by atoms with Crippen molar-refractivity contribution < 1.29 is 33.2 Å². The summed E-state index contributed by atoms with van der Waals surface area (Å²) < 4.78 is 39.9. The molecule has 4 unspecified atom stereocenters. The maximum Gasteiger partial charge on any atom is 0.231 e. The molecule has 146 valence electrons. The summed E-state index contributed by atoms with van der Waals surface area (Å²) in [4.78, 5) is 0. The fourth-order valence-corrected chi connectivity index (χ4v) is 4.64. The Kier molecular flexibility index (Phi) is 3.61. The van der Waals surface area contributed by atoms with Gasteiger partial charge in [0.25, 0.3) is 0 Å². The zero-order chi connectivity index (χ0) is 18.7. The predicted octanol–water partition coefficient (Wildman–Crippen LogP) is 3.23. The fourth-order valence-electron chi connectivity index (χ4n) is 4.64. The third-order valence-corrected chi connectivity index (χ3v) is 6.00. The molecule has 4 heterocycles. The van der Waals surface area contributed by atoms with E-state index in [0.29, 0.717) is 30.5 Å². The maximum atomic E-state index is 6.22. The second-order valence-corrected chi connectivity index (χ2v) is 7.41. The Balaban J connectivity index is 1.28. The molecular weight excluding hydrogens is 364 g/mol. The third-order valence-electron chi connectivity index (χ3n) is 6.00. The summed E-state index contributed by atoms with van der Waals surface area (Å²) in [5, 5.41) is 0. The average molecular weight is 384 g/mol. The van der Waals surface area contributed by atoms with Crippen molar-refractivity contribution in [3.8, 4) is 28.7 Å². The Morgan fingerprint density at radius 2 is 1.43 bits per heavy atom. The summed E-state index contributed by atoms with van der Waals surface area (Å²) in [6.07, 6.45) is -0.0761. The molecule has 0 amide bonds. The monoisotopic (exact) mass is 384 g/mol. The Labute approximate surface area is 162 Å². The van der Waals surface area contributed by atoms with Crippen LogP contribution < -0.4 is 23.7 Å². The van der Waals surface area contributed by atoms with Crippen LogP contribution in [0.2, 0.25) is 0 Å². The van der Waals surface area contributed by atoms with Crippen molar-refractivity contribution in [1.82, 2.24) is 0 Å². The van der Waals surface area contributed by atoms with E-state index in [2.05, 4.69) is 6.07 Å². The molecule has 4 aliphatic heterocycles. The van der Waals surface area contributed by atoms with Gasteiger partial charge in [-0.2, -0.15) is 0 Å². The molecule has 4 atom stereocenters. The van der Waals surface area contributed by atoms with Gasteiger partial charge < -0.3 is 33.2 Å². The van der Waals surface area contributed by atoms with Crippen LogP contribution >= 0.6 is 0 Å². The molecule has 4 aliphatic rings. The first-order valence-electron chi connectivity index (χ1n) is 9.42. The highest BCUT2D eigenvalue weighted by molar-refractivity contribution is 5.55. The quantitative estimate of drug-likeness (QED) is 0.805. The molecule has 0 saturated carbocycles. The van der Waals surface area contributed by atoms with Gasteiger partial charge in [0.2, 0.25) is 19.3 Å². The highest BCUT2D eigenvalue weighted by Gasteiger charge is 2.48. The van der Waals surface area contributed by atoms with Crippen molar-refractivity contribution >= 4 is 0 Å². The normalized spacial score (nSPS) is 29.2. The van der Waals surface area contributed by atoms with Crippen LogP contribution in [-0.2, 0) is 9.47 Å². The summed E-state index contributed by atoms with van der Waals surface area (Å²) in [5.74, 6) is 4.13. The highest BCUT2D eigenvalue weighted by Crippen LogP contribution is 2.53. The molecule has 2 aromatic carbocycles. The number of fused-ring (bicyclic) bond motifs is 3. The molecule has 6 rings (SSSR count). The van der Waals surface area contributed by atoms with Gasteiger partial charge in [0.05, 0.1) is 32.5 Å². The lowest BCUT2D eigenvalue weighted by atomic mass is 9.85. The lowest BCUT2D eigenvalue weighted by Gasteiger charge is -2.18. The molecule has 7 heteroatoms. The van der Waals surface area contributed by atoms with E-state index in [1.54, 1.807) is 7.11 Å². The van der Waals surface area contributed by atoms with Crippen molar-refractivity contribution in [1.29, 1.82) is 0 Å². The summed E-state index contributed by atoms with van der Waals surface area (Å²) in [6.45, 7) is 1.77. The van der Waals surface area contributed by atoms with E-state index in [1.807, 2.05) is 24.3 Å². The Morgan fingerprint density at radius 1 is 0.750 bits per heavy atom.